The summed E-state index contributed by atoms with van der Waals surface area (Å²) < 4.78 is 5.99. The van der Waals surface area contributed by atoms with Crippen molar-refractivity contribution in [2.75, 3.05) is 0 Å². The van der Waals surface area contributed by atoms with Crippen LogP contribution in [0.15, 0.2) is 29.8 Å². The number of rotatable bonds is 7. The Kier molecular flexibility index (Phi) is 8.35. The van der Waals surface area contributed by atoms with E-state index in [1.807, 2.05) is 0 Å². The zero-order valence-electron chi connectivity index (χ0n) is 24.2. The normalized spacial score (nSPS) is 37.2. The molecule has 4 aliphatic carbocycles. The average Bonchev–Trinajstić information content (AvgIpc) is 3.21. The largest absolute Gasteiger partial charge is 0.458 e. The van der Waals surface area contributed by atoms with Gasteiger partial charge in [-0.05, 0) is 109 Å². The third-order valence-electron chi connectivity index (χ3n) is 11.7. The Labute approximate surface area is 241 Å². The van der Waals surface area contributed by atoms with Crippen molar-refractivity contribution >= 4 is 29.2 Å². The molecule has 4 aliphatic rings. The third kappa shape index (κ3) is 5.23. The van der Waals surface area contributed by atoms with Gasteiger partial charge < -0.3 is 4.74 Å². The minimum absolute atomic E-state index is 0.0680. The van der Waals surface area contributed by atoms with Gasteiger partial charge in [-0.15, -0.1) is 0 Å². The molecule has 1 aromatic rings. The van der Waals surface area contributed by atoms with E-state index in [9.17, 15) is 4.79 Å². The van der Waals surface area contributed by atoms with Crippen LogP contribution in [0.2, 0.25) is 10.0 Å². The number of esters is 1. The maximum Gasteiger partial charge on any atom is 0.339 e. The fraction of sp³-hybridized carbons (Fsp3) is 0.735. The lowest BCUT2D eigenvalue weighted by atomic mass is 9.47. The molecule has 3 fully saturated rings. The molecular weight excluding hydrogens is 511 g/mol. The molecule has 0 bridgehead atoms. The molecule has 3 saturated carbocycles. The summed E-state index contributed by atoms with van der Waals surface area (Å²) >= 11 is 12.3. The summed E-state index contributed by atoms with van der Waals surface area (Å²) in [4.78, 5) is 12.9. The van der Waals surface area contributed by atoms with E-state index < -0.39 is 0 Å². The number of hydrogen-bond donors (Lipinski definition) is 0. The van der Waals surface area contributed by atoms with E-state index in [1.54, 1.807) is 23.8 Å². The van der Waals surface area contributed by atoms with Gasteiger partial charge in [0.2, 0.25) is 0 Å². The maximum absolute atomic E-state index is 12.9. The number of halogens is 2. The Morgan fingerprint density at radius 1 is 1.03 bits per heavy atom. The second-order valence-corrected chi connectivity index (χ2v) is 15.0. The summed E-state index contributed by atoms with van der Waals surface area (Å²) in [5.41, 5.74) is 2.73. The topological polar surface area (TPSA) is 26.3 Å². The van der Waals surface area contributed by atoms with Gasteiger partial charge in [0.25, 0.3) is 0 Å². The lowest BCUT2D eigenvalue weighted by Gasteiger charge is -2.58. The van der Waals surface area contributed by atoms with Gasteiger partial charge in [-0.3, -0.25) is 0 Å². The van der Waals surface area contributed by atoms with Crippen LogP contribution in [0.5, 0.6) is 0 Å². The van der Waals surface area contributed by atoms with E-state index in [2.05, 4.69) is 40.7 Å². The Hall–Kier alpha value is -0.990. The average molecular weight is 560 g/mol. The molecule has 0 heterocycles. The lowest BCUT2D eigenvalue weighted by molar-refractivity contribution is -0.0594. The molecule has 5 rings (SSSR count). The molecule has 4 heteroatoms. The fourth-order valence-electron chi connectivity index (χ4n) is 9.62. The van der Waals surface area contributed by atoms with Gasteiger partial charge in [0.1, 0.15) is 6.10 Å². The van der Waals surface area contributed by atoms with Crippen molar-refractivity contribution in [3.63, 3.8) is 0 Å². The molecule has 8 atom stereocenters. The van der Waals surface area contributed by atoms with Gasteiger partial charge >= 0.3 is 5.97 Å². The van der Waals surface area contributed by atoms with Crippen LogP contribution in [-0.2, 0) is 4.74 Å². The van der Waals surface area contributed by atoms with Gasteiger partial charge in [0.05, 0.1) is 10.6 Å². The van der Waals surface area contributed by atoms with E-state index in [4.69, 9.17) is 27.9 Å². The summed E-state index contributed by atoms with van der Waals surface area (Å²) in [6.45, 7) is 12.5. The summed E-state index contributed by atoms with van der Waals surface area (Å²) in [5.74, 6) is 4.71. The molecule has 0 spiro atoms. The molecule has 0 aromatic heterocycles. The minimum atomic E-state index is -0.331. The second-order valence-electron chi connectivity index (χ2n) is 14.2. The van der Waals surface area contributed by atoms with Crippen LogP contribution >= 0.6 is 23.2 Å². The maximum atomic E-state index is 12.9. The molecule has 2 unspecified atom stereocenters. The van der Waals surface area contributed by atoms with Crippen LogP contribution < -0.4 is 0 Å². The number of fused-ring (bicyclic) bond motifs is 5. The van der Waals surface area contributed by atoms with Crippen molar-refractivity contribution < 1.29 is 9.53 Å². The number of benzene rings is 1. The van der Waals surface area contributed by atoms with E-state index in [0.717, 1.165) is 54.8 Å². The highest BCUT2D eigenvalue weighted by molar-refractivity contribution is 6.36. The van der Waals surface area contributed by atoms with Crippen LogP contribution in [0.4, 0.5) is 0 Å². The molecule has 210 valence electrons. The molecule has 0 radical (unpaired) electrons. The van der Waals surface area contributed by atoms with Crippen LogP contribution in [0.25, 0.3) is 0 Å². The first-order valence-corrected chi connectivity index (χ1v) is 16.1. The van der Waals surface area contributed by atoms with Gasteiger partial charge in [0, 0.05) is 11.4 Å². The highest BCUT2D eigenvalue weighted by Crippen LogP contribution is 2.67. The SMILES string of the molecule is CC(C)CCCC(C)[C@H]1CC[C@H]2C3CC=C4C[C@@H](OC(=O)c5ccc(Cl)cc5Cl)CC[C@]4(C)[C@H]3CC[C@]12C. The van der Waals surface area contributed by atoms with Crippen LogP contribution in [-0.4, -0.2) is 12.1 Å². The third-order valence-corrected chi connectivity index (χ3v) is 12.2. The standard InChI is InChI=1S/C34H48Cl2O2/c1-21(2)7-6-8-22(3)28-13-14-29-26-11-9-23-19-25(38-32(37)27-12-10-24(35)20-31(27)36)15-17-33(23,4)30(26)16-18-34(28,29)5/h9-10,12,20-22,25-26,28-30H,6-8,11,13-19H2,1-5H3/t22?,25-,26?,28+,29-,30-,33-,34+/m0/s1. The van der Waals surface area contributed by atoms with Gasteiger partial charge in [-0.1, -0.05) is 88.7 Å². The fourth-order valence-corrected chi connectivity index (χ4v) is 10.1. The Morgan fingerprint density at radius 3 is 2.55 bits per heavy atom. The van der Waals surface area contributed by atoms with E-state index in [0.29, 0.717) is 21.0 Å². The van der Waals surface area contributed by atoms with Gasteiger partial charge in [-0.2, -0.15) is 0 Å². The van der Waals surface area contributed by atoms with Crippen molar-refractivity contribution in [2.45, 2.75) is 111 Å². The van der Waals surface area contributed by atoms with Crippen LogP contribution in [0.1, 0.15) is 116 Å². The van der Waals surface area contributed by atoms with Crippen molar-refractivity contribution in [3.05, 3.63) is 45.5 Å². The number of carbonyl (C=O) groups excluding carboxylic acids is 1. The second kappa shape index (κ2) is 11.1. The predicted octanol–water partition coefficient (Wildman–Crippen LogP) is 10.6. The van der Waals surface area contributed by atoms with Crippen molar-refractivity contribution in [2.24, 2.45) is 46.3 Å². The molecule has 1 aromatic carbocycles. The molecular formula is C34H48Cl2O2. The summed E-state index contributed by atoms with van der Waals surface area (Å²) in [6, 6.07) is 4.98. The van der Waals surface area contributed by atoms with E-state index in [1.165, 1.54) is 51.4 Å². The van der Waals surface area contributed by atoms with Crippen molar-refractivity contribution in [3.8, 4) is 0 Å². The van der Waals surface area contributed by atoms with E-state index in [-0.39, 0.29) is 17.5 Å². The molecule has 0 amide bonds. The van der Waals surface area contributed by atoms with Gasteiger partial charge in [-0.25, -0.2) is 4.79 Å². The molecule has 0 N–H and O–H groups in total. The highest BCUT2D eigenvalue weighted by atomic mass is 35.5. The van der Waals surface area contributed by atoms with Gasteiger partial charge in [0.15, 0.2) is 0 Å². The number of carbonyl (C=O) groups is 1. The van der Waals surface area contributed by atoms with Crippen LogP contribution in [0, 0.1) is 46.3 Å². The predicted molar refractivity (Wildman–Crippen MR) is 159 cm³/mol. The smallest absolute Gasteiger partial charge is 0.339 e. The summed E-state index contributed by atoms with van der Waals surface area (Å²) in [7, 11) is 0. The lowest BCUT2D eigenvalue weighted by Crippen LogP contribution is -2.51. The van der Waals surface area contributed by atoms with E-state index >= 15 is 0 Å². The zero-order valence-corrected chi connectivity index (χ0v) is 25.7. The monoisotopic (exact) mass is 558 g/mol. The summed E-state index contributed by atoms with van der Waals surface area (Å²) in [6.07, 6.45) is 16.4. The number of ether oxygens (including phenoxy) is 1. The number of allylic oxidation sites excluding steroid dienone is 1. The Balaban J connectivity index is 1.25. The zero-order chi connectivity index (χ0) is 27.2. The number of hydrogen-bond acceptors (Lipinski definition) is 2. The first-order valence-electron chi connectivity index (χ1n) is 15.4. The summed E-state index contributed by atoms with van der Waals surface area (Å²) in [5, 5.41) is 0.886. The first kappa shape index (κ1) is 28.5. The Morgan fingerprint density at radius 2 is 1.82 bits per heavy atom. The minimum Gasteiger partial charge on any atom is -0.458 e. The highest BCUT2D eigenvalue weighted by Gasteiger charge is 2.59. The molecule has 38 heavy (non-hydrogen) atoms. The van der Waals surface area contributed by atoms with Crippen LogP contribution in [0.3, 0.4) is 0 Å². The molecule has 2 nitrogen and oxygen atoms in total. The quantitative estimate of drug-likeness (QED) is 0.245. The first-order chi connectivity index (χ1) is 18.0. The van der Waals surface area contributed by atoms with Crippen molar-refractivity contribution in [1.29, 1.82) is 0 Å². The van der Waals surface area contributed by atoms with Crippen molar-refractivity contribution in [1.82, 2.24) is 0 Å². The molecule has 0 aliphatic heterocycles. The molecule has 0 saturated heterocycles. The Bertz CT molecular complexity index is 1060.